The average Bonchev–Trinajstić information content (AvgIpc) is 2.48. The van der Waals surface area contributed by atoms with Gasteiger partial charge in [-0.15, -0.1) is 0 Å². The summed E-state index contributed by atoms with van der Waals surface area (Å²) in [5, 5.41) is 0. The summed E-state index contributed by atoms with van der Waals surface area (Å²) in [4.78, 5) is 0. The fourth-order valence-electron chi connectivity index (χ4n) is 2.70. The van der Waals surface area contributed by atoms with Gasteiger partial charge in [0.05, 0.1) is 0 Å². The van der Waals surface area contributed by atoms with E-state index in [1.54, 1.807) is 0 Å². The molecule has 3 aromatic rings. The van der Waals surface area contributed by atoms with Gasteiger partial charge in [-0.05, 0) is 47.2 Å². The highest BCUT2D eigenvalue weighted by Crippen LogP contribution is 2.34. The Balaban J connectivity index is 0.00000121. The molecular formula is C22H26. The van der Waals surface area contributed by atoms with E-state index in [0.29, 0.717) is 0 Å². The van der Waals surface area contributed by atoms with E-state index in [1.807, 2.05) is 0 Å². The zero-order chi connectivity index (χ0) is 13.9. The monoisotopic (exact) mass is 290 g/mol. The molecule has 0 saturated carbocycles. The van der Waals surface area contributed by atoms with Crippen LogP contribution in [0, 0.1) is 13.8 Å². The van der Waals surface area contributed by atoms with E-state index in [4.69, 9.17) is 0 Å². The highest BCUT2D eigenvalue weighted by atomic mass is 14.1. The maximum absolute atomic E-state index is 2.21. The van der Waals surface area contributed by atoms with Gasteiger partial charge in [0, 0.05) is 0 Å². The van der Waals surface area contributed by atoms with E-state index in [0.717, 1.165) is 0 Å². The summed E-state index contributed by atoms with van der Waals surface area (Å²) in [6, 6.07) is 25.8. The van der Waals surface area contributed by atoms with Crippen molar-refractivity contribution in [3.8, 4) is 22.3 Å². The van der Waals surface area contributed by atoms with E-state index >= 15 is 0 Å². The van der Waals surface area contributed by atoms with Gasteiger partial charge >= 0.3 is 0 Å². The van der Waals surface area contributed by atoms with Gasteiger partial charge in [0.1, 0.15) is 0 Å². The van der Waals surface area contributed by atoms with E-state index in [-0.39, 0.29) is 14.9 Å². The van der Waals surface area contributed by atoms with Crippen LogP contribution in [0.3, 0.4) is 0 Å². The lowest BCUT2D eigenvalue weighted by molar-refractivity contribution is 1.43. The summed E-state index contributed by atoms with van der Waals surface area (Å²) >= 11 is 0. The van der Waals surface area contributed by atoms with Gasteiger partial charge in [-0.2, -0.15) is 0 Å². The van der Waals surface area contributed by atoms with Gasteiger partial charge in [0.15, 0.2) is 0 Å². The molecule has 0 bridgehead atoms. The quantitative estimate of drug-likeness (QED) is 0.481. The van der Waals surface area contributed by atoms with Crippen LogP contribution in [0.1, 0.15) is 26.0 Å². The molecule has 0 fully saturated rings. The van der Waals surface area contributed by atoms with Gasteiger partial charge in [0.2, 0.25) is 0 Å². The molecule has 0 nitrogen and oxygen atoms in total. The van der Waals surface area contributed by atoms with Gasteiger partial charge in [-0.25, -0.2) is 0 Å². The molecule has 0 aromatic heterocycles. The highest BCUT2D eigenvalue weighted by molar-refractivity contribution is 5.85. The minimum Gasteiger partial charge on any atom is -0.0776 e. The molecule has 0 N–H and O–H groups in total. The molecule has 114 valence electrons. The van der Waals surface area contributed by atoms with Crippen molar-refractivity contribution < 1.29 is 0 Å². The molecule has 0 aliphatic rings. The third-order valence-corrected chi connectivity index (χ3v) is 3.80. The largest absolute Gasteiger partial charge is 0.0776 e. The van der Waals surface area contributed by atoms with Gasteiger partial charge < -0.3 is 0 Å². The molecule has 3 rings (SSSR count). The molecular weight excluding hydrogens is 264 g/mol. The minimum absolute atomic E-state index is 0. The number of benzene rings is 3. The zero-order valence-corrected chi connectivity index (χ0v) is 11.9. The number of aryl methyl sites for hydroxylation is 2. The smallest absolute Gasteiger partial charge is 0.0103 e. The predicted octanol–water partition coefficient (Wildman–Crippen LogP) is 6.91. The van der Waals surface area contributed by atoms with Crippen LogP contribution in [-0.2, 0) is 0 Å². The Labute approximate surface area is 135 Å². The van der Waals surface area contributed by atoms with E-state index < -0.39 is 0 Å². The molecule has 0 unspecified atom stereocenters. The Morgan fingerprint density at radius 3 is 1.00 bits per heavy atom. The Hall–Kier alpha value is -2.34. The van der Waals surface area contributed by atoms with Gasteiger partial charge in [-0.3, -0.25) is 0 Å². The molecule has 0 radical (unpaired) electrons. The predicted molar refractivity (Wildman–Crippen MR) is 100 cm³/mol. The fraction of sp³-hybridized carbons (Fsp3) is 0.182. The van der Waals surface area contributed by atoms with Crippen molar-refractivity contribution in [2.24, 2.45) is 0 Å². The second kappa shape index (κ2) is 7.61. The van der Waals surface area contributed by atoms with E-state index in [1.165, 1.54) is 33.4 Å². The second-order valence-electron chi connectivity index (χ2n) is 5.18. The molecule has 0 amide bonds. The normalized spacial score (nSPS) is 9.55. The Morgan fingerprint density at radius 1 is 0.409 bits per heavy atom. The van der Waals surface area contributed by atoms with Crippen LogP contribution in [0.5, 0.6) is 0 Å². The van der Waals surface area contributed by atoms with Crippen LogP contribution >= 0.6 is 0 Å². The van der Waals surface area contributed by atoms with Crippen molar-refractivity contribution in [2.45, 2.75) is 28.7 Å². The first-order valence-electron chi connectivity index (χ1n) is 6.98. The zero-order valence-electron chi connectivity index (χ0n) is 11.9. The van der Waals surface area contributed by atoms with Gasteiger partial charge in [0.25, 0.3) is 0 Å². The van der Waals surface area contributed by atoms with Crippen molar-refractivity contribution in [1.29, 1.82) is 0 Å². The lowest BCUT2D eigenvalue weighted by Gasteiger charge is -2.14. The van der Waals surface area contributed by atoms with Crippen molar-refractivity contribution in [3.63, 3.8) is 0 Å². The SMILES string of the molecule is C.C.Cc1ccccc1-c1ccccc1-c1ccccc1C. The van der Waals surface area contributed by atoms with Crippen molar-refractivity contribution >= 4 is 0 Å². The van der Waals surface area contributed by atoms with Crippen molar-refractivity contribution in [1.82, 2.24) is 0 Å². The molecule has 0 heterocycles. The van der Waals surface area contributed by atoms with Crippen LogP contribution in [-0.4, -0.2) is 0 Å². The first-order chi connectivity index (χ1) is 9.77. The number of hydrogen-bond donors (Lipinski definition) is 0. The molecule has 0 heteroatoms. The lowest BCUT2D eigenvalue weighted by Crippen LogP contribution is -1.89. The summed E-state index contributed by atoms with van der Waals surface area (Å²) in [6.45, 7) is 4.34. The lowest BCUT2D eigenvalue weighted by atomic mass is 9.90. The standard InChI is InChI=1S/C20H18.2CH4/c1-15-9-3-5-11-17(15)19-13-7-8-14-20(19)18-12-6-4-10-16(18)2;;/h3-14H,1-2H3;2*1H4. The average molecular weight is 290 g/mol. The Morgan fingerprint density at radius 2 is 0.682 bits per heavy atom. The van der Waals surface area contributed by atoms with Crippen LogP contribution in [0.15, 0.2) is 72.8 Å². The molecule has 22 heavy (non-hydrogen) atoms. The maximum Gasteiger partial charge on any atom is -0.0103 e. The van der Waals surface area contributed by atoms with Crippen molar-refractivity contribution in [3.05, 3.63) is 83.9 Å². The van der Waals surface area contributed by atoms with E-state index in [9.17, 15) is 0 Å². The topological polar surface area (TPSA) is 0 Å². The number of rotatable bonds is 2. The summed E-state index contributed by atoms with van der Waals surface area (Å²) in [5.41, 5.74) is 7.86. The molecule has 0 aliphatic heterocycles. The summed E-state index contributed by atoms with van der Waals surface area (Å²) in [6.07, 6.45) is 0. The molecule has 0 aliphatic carbocycles. The molecule has 3 aromatic carbocycles. The van der Waals surface area contributed by atoms with Crippen LogP contribution in [0.25, 0.3) is 22.3 Å². The minimum atomic E-state index is 0. The maximum atomic E-state index is 2.21. The first kappa shape index (κ1) is 17.7. The number of hydrogen-bond acceptors (Lipinski definition) is 0. The third-order valence-electron chi connectivity index (χ3n) is 3.80. The van der Waals surface area contributed by atoms with Gasteiger partial charge in [-0.1, -0.05) is 87.6 Å². The molecule has 0 saturated heterocycles. The van der Waals surface area contributed by atoms with E-state index in [2.05, 4.69) is 86.6 Å². The second-order valence-corrected chi connectivity index (χ2v) is 5.18. The third kappa shape index (κ3) is 3.28. The van der Waals surface area contributed by atoms with Crippen LogP contribution < -0.4 is 0 Å². The Bertz CT molecular complexity index is 674. The summed E-state index contributed by atoms with van der Waals surface area (Å²) in [7, 11) is 0. The summed E-state index contributed by atoms with van der Waals surface area (Å²) < 4.78 is 0. The first-order valence-corrected chi connectivity index (χ1v) is 6.98. The van der Waals surface area contributed by atoms with Crippen LogP contribution in [0.2, 0.25) is 0 Å². The van der Waals surface area contributed by atoms with Crippen LogP contribution in [0.4, 0.5) is 0 Å². The molecule has 0 atom stereocenters. The summed E-state index contributed by atoms with van der Waals surface area (Å²) in [5.74, 6) is 0. The fourth-order valence-corrected chi connectivity index (χ4v) is 2.70. The highest BCUT2D eigenvalue weighted by Gasteiger charge is 2.09. The van der Waals surface area contributed by atoms with Crippen molar-refractivity contribution in [2.75, 3.05) is 0 Å². The Kier molecular flexibility index (Phi) is 6.12. The molecule has 0 spiro atoms.